The summed E-state index contributed by atoms with van der Waals surface area (Å²) in [6, 6.07) is 7.88. The Balaban J connectivity index is 2.49. The smallest absolute Gasteiger partial charge is 0.324 e. The predicted octanol–water partition coefficient (Wildman–Crippen LogP) is 1.20. The molecule has 0 aliphatic rings. The molecule has 1 aromatic carbocycles. The highest BCUT2D eigenvalue weighted by atomic mass is 35.5. The molecule has 0 heterocycles. The zero-order chi connectivity index (χ0) is 15.7. The molecule has 2 N–H and O–H groups in total. The van der Waals surface area contributed by atoms with E-state index in [1.54, 1.807) is 0 Å². The molecule has 118 valence electrons. The van der Waals surface area contributed by atoms with Gasteiger partial charge in [0, 0.05) is 5.88 Å². The first-order valence-electron chi connectivity index (χ1n) is 6.35. The number of benzene rings is 1. The molecule has 0 saturated carbocycles. The number of sulfonamides is 1. The van der Waals surface area contributed by atoms with Gasteiger partial charge < -0.3 is 9.84 Å². The van der Waals surface area contributed by atoms with Gasteiger partial charge in [-0.25, -0.2) is 8.42 Å². The van der Waals surface area contributed by atoms with Crippen LogP contribution in [0.3, 0.4) is 0 Å². The number of ether oxygens (including phenoxy) is 1. The van der Waals surface area contributed by atoms with Crippen molar-refractivity contribution in [3.63, 3.8) is 0 Å². The van der Waals surface area contributed by atoms with Crippen LogP contribution in [0.15, 0.2) is 30.3 Å². The van der Waals surface area contributed by atoms with Crippen LogP contribution < -0.4 is 4.72 Å². The van der Waals surface area contributed by atoms with Crippen LogP contribution in [-0.4, -0.2) is 43.8 Å². The number of hydrogen-bond acceptors (Lipinski definition) is 4. The van der Waals surface area contributed by atoms with Crippen molar-refractivity contribution in [1.29, 1.82) is 0 Å². The summed E-state index contributed by atoms with van der Waals surface area (Å²) in [5.41, 5.74) is 0.881. The summed E-state index contributed by atoms with van der Waals surface area (Å²) in [4.78, 5) is 11.1. The lowest BCUT2D eigenvalue weighted by molar-refractivity contribution is -0.140. The maximum Gasteiger partial charge on any atom is 0.324 e. The molecule has 0 aliphatic carbocycles. The van der Waals surface area contributed by atoms with Crippen LogP contribution in [0.4, 0.5) is 0 Å². The monoisotopic (exact) mass is 335 g/mol. The Kier molecular flexibility index (Phi) is 7.66. The maximum absolute atomic E-state index is 11.6. The first kappa shape index (κ1) is 17.9. The van der Waals surface area contributed by atoms with Gasteiger partial charge in [-0.2, -0.15) is 4.72 Å². The van der Waals surface area contributed by atoms with Gasteiger partial charge >= 0.3 is 5.97 Å². The average Bonchev–Trinajstić information content (AvgIpc) is 2.45. The average molecular weight is 336 g/mol. The molecule has 1 rings (SSSR count). The van der Waals surface area contributed by atoms with Crippen molar-refractivity contribution < 1.29 is 23.1 Å². The molecular weight excluding hydrogens is 318 g/mol. The Morgan fingerprint density at radius 3 is 2.57 bits per heavy atom. The van der Waals surface area contributed by atoms with E-state index < -0.39 is 22.0 Å². The van der Waals surface area contributed by atoms with Gasteiger partial charge in [-0.05, 0) is 12.0 Å². The third-order valence-electron chi connectivity index (χ3n) is 2.56. The van der Waals surface area contributed by atoms with Crippen LogP contribution in [0.2, 0.25) is 0 Å². The second-order valence-electron chi connectivity index (χ2n) is 4.37. The minimum Gasteiger partial charge on any atom is -0.480 e. The van der Waals surface area contributed by atoms with Gasteiger partial charge in [0.2, 0.25) is 10.0 Å². The van der Waals surface area contributed by atoms with Crippen molar-refractivity contribution >= 4 is 27.6 Å². The first-order chi connectivity index (χ1) is 9.94. The summed E-state index contributed by atoms with van der Waals surface area (Å²) in [6.45, 7) is -0.0294. The van der Waals surface area contributed by atoms with Gasteiger partial charge in [0.05, 0.1) is 19.0 Å². The van der Waals surface area contributed by atoms with Gasteiger partial charge in [0.15, 0.2) is 0 Å². The molecule has 0 saturated heterocycles. The number of aliphatic carboxylic acids is 1. The van der Waals surface area contributed by atoms with E-state index in [-0.39, 0.29) is 31.3 Å². The van der Waals surface area contributed by atoms with Gasteiger partial charge in [0.25, 0.3) is 0 Å². The zero-order valence-corrected chi connectivity index (χ0v) is 12.9. The van der Waals surface area contributed by atoms with Crippen LogP contribution in [0.1, 0.15) is 12.0 Å². The molecule has 0 fully saturated rings. The van der Waals surface area contributed by atoms with Crippen LogP contribution in [-0.2, 0) is 26.2 Å². The van der Waals surface area contributed by atoms with E-state index in [4.69, 9.17) is 21.4 Å². The molecule has 0 radical (unpaired) electrons. The second-order valence-corrected chi connectivity index (χ2v) is 6.62. The molecule has 0 unspecified atom stereocenters. The first-order valence-corrected chi connectivity index (χ1v) is 8.54. The number of nitrogens with one attached hydrogen (secondary N) is 1. The fourth-order valence-corrected chi connectivity index (χ4v) is 3.08. The lowest BCUT2D eigenvalue weighted by Gasteiger charge is -2.15. The van der Waals surface area contributed by atoms with Crippen molar-refractivity contribution in [2.75, 3.05) is 18.2 Å². The van der Waals surface area contributed by atoms with E-state index in [1.165, 1.54) is 0 Å². The predicted molar refractivity (Wildman–Crippen MR) is 79.8 cm³/mol. The summed E-state index contributed by atoms with van der Waals surface area (Å²) in [5.74, 6) is -1.29. The molecule has 0 aliphatic heterocycles. The van der Waals surface area contributed by atoms with Gasteiger partial charge in [-0.15, -0.1) is 11.6 Å². The summed E-state index contributed by atoms with van der Waals surface area (Å²) in [7, 11) is -3.68. The standard InChI is InChI=1S/C13H18ClNO5S/c14-7-4-8-21(18,19)15-12(13(16)17)10-20-9-11-5-2-1-3-6-11/h1-3,5-6,12,15H,4,7-10H2,(H,16,17)/t12-/m1/s1. The lowest BCUT2D eigenvalue weighted by atomic mass is 10.2. The number of halogens is 1. The second kappa shape index (κ2) is 8.99. The number of carboxylic acid groups (broad SMARTS) is 1. The number of carbonyl (C=O) groups is 1. The molecule has 0 aromatic heterocycles. The Bertz CT molecular complexity index is 535. The van der Waals surface area contributed by atoms with E-state index >= 15 is 0 Å². The Morgan fingerprint density at radius 2 is 2.00 bits per heavy atom. The molecule has 8 heteroatoms. The fraction of sp³-hybridized carbons (Fsp3) is 0.462. The van der Waals surface area contributed by atoms with Crippen molar-refractivity contribution in [2.45, 2.75) is 19.1 Å². The summed E-state index contributed by atoms with van der Waals surface area (Å²) in [5, 5.41) is 9.03. The molecule has 0 bridgehead atoms. The topological polar surface area (TPSA) is 92.7 Å². The number of carboxylic acids is 1. The quantitative estimate of drug-likeness (QED) is 0.627. The Hall–Kier alpha value is -1.15. The zero-order valence-electron chi connectivity index (χ0n) is 11.4. The van der Waals surface area contributed by atoms with Crippen LogP contribution in [0.5, 0.6) is 0 Å². The van der Waals surface area contributed by atoms with Crippen LogP contribution >= 0.6 is 11.6 Å². The van der Waals surface area contributed by atoms with Crippen molar-refractivity contribution in [3.05, 3.63) is 35.9 Å². The molecule has 1 atom stereocenters. The van der Waals surface area contributed by atoms with Gasteiger partial charge in [-0.3, -0.25) is 4.79 Å². The highest BCUT2D eigenvalue weighted by Crippen LogP contribution is 2.02. The van der Waals surface area contributed by atoms with E-state index in [1.807, 2.05) is 30.3 Å². The number of rotatable bonds is 10. The van der Waals surface area contributed by atoms with E-state index in [0.717, 1.165) is 5.56 Å². The van der Waals surface area contributed by atoms with E-state index in [2.05, 4.69) is 4.72 Å². The van der Waals surface area contributed by atoms with Crippen LogP contribution in [0, 0.1) is 0 Å². The Morgan fingerprint density at radius 1 is 1.33 bits per heavy atom. The van der Waals surface area contributed by atoms with Crippen molar-refractivity contribution in [3.8, 4) is 0 Å². The minimum atomic E-state index is -3.68. The van der Waals surface area contributed by atoms with Crippen LogP contribution in [0.25, 0.3) is 0 Å². The summed E-state index contributed by atoms with van der Waals surface area (Å²) in [6.07, 6.45) is 0.258. The molecule has 0 spiro atoms. The fourth-order valence-electron chi connectivity index (χ4n) is 1.54. The Labute approximate surface area is 129 Å². The summed E-state index contributed by atoms with van der Waals surface area (Å²) >= 11 is 5.42. The molecular formula is C13H18ClNO5S. The minimum absolute atomic E-state index is 0.198. The third kappa shape index (κ3) is 7.42. The molecule has 0 amide bonds. The van der Waals surface area contributed by atoms with E-state index in [9.17, 15) is 13.2 Å². The molecule has 1 aromatic rings. The normalized spacial score (nSPS) is 13.0. The van der Waals surface area contributed by atoms with Crippen molar-refractivity contribution in [1.82, 2.24) is 4.72 Å². The molecule has 6 nitrogen and oxygen atoms in total. The molecule has 21 heavy (non-hydrogen) atoms. The third-order valence-corrected chi connectivity index (χ3v) is 4.30. The van der Waals surface area contributed by atoms with Crippen molar-refractivity contribution in [2.24, 2.45) is 0 Å². The lowest BCUT2D eigenvalue weighted by Crippen LogP contribution is -2.44. The van der Waals surface area contributed by atoms with Gasteiger partial charge in [0.1, 0.15) is 6.04 Å². The maximum atomic E-state index is 11.6. The largest absolute Gasteiger partial charge is 0.480 e. The van der Waals surface area contributed by atoms with Gasteiger partial charge in [-0.1, -0.05) is 30.3 Å². The number of alkyl halides is 1. The highest BCUT2D eigenvalue weighted by molar-refractivity contribution is 7.89. The summed E-state index contributed by atoms with van der Waals surface area (Å²) < 4.78 is 30.7. The SMILES string of the molecule is O=C(O)[C@@H](COCc1ccccc1)NS(=O)(=O)CCCCl. The number of hydrogen-bond donors (Lipinski definition) is 2. The highest BCUT2D eigenvalue weighted by Gasteiger charge is 2.23. The van der Waals surface area contributed by atoms with E-state index in [0.29, 0.717) is 0 Å².